The summed E-state index contributed by atoms with van der Waals surface area (Å²) in [5.41, 5.74) is 2.08. The van der Waals surface area contributed by atoms with E-state index in [1.807, 2.05) is 42.5 Å². The number of hydrogen-bond acceptors (Lipinski definition) is 4. The molecular weight excluding hydrogens is 459 g/mol. The molecule has 4 nitrogen and oxygen atoms in total. The Labute approximate surface area is 205 Å². The summed E-state index contributed by atoms with van der Waals surface area (Å²) in [4.78, 5) is 0. The molecule has 0 spiro atoms. The van der Waals surface area contributed by atoms with Crippen LogP contribution in [0.15, 0.2) is 60.7 Å². The smallest absolute Gasteiger partial charge is 0.165 e. The molecule has 174 valence electrons. The molecule has 6 heteroatoms. The van der Waals surface area contributed by atoms with Crippen LogP contribution in [0.2, 0.25) is 10.0 Å². The maximum absolute atomic E-state index is 6.33. The van der Waals surface area contributed by atoms with Crippen LogP contribution < -0.4 is 18.9 Å². The van der Waals surface area contributed by atoms with E-state index in [4.69, 9.17) is 42.1 Å². The summed E-state index contributed by atoms with van der Waals surface area (Å²) < 4.78 is 23.8. The molecule has 0 radical (unpaired) electrons. The predicted molar refractivity (Wildman–Crippen MR) is 132 cm³/mol. The lowest BCUT2D eigenvalue weighted by atomic mass is 10.0. The fourth-order valence-corrected chi connectivity index (χ4v) is 4.10. The average molecular weight is 487 g/mol. The van der Waals surface area contributed by atoms with Crippen molar-refractivity contribution in [2.45, 2.75) is 45.3 Å². The molecule has 1 aliphatic heterocycles. The highest BCUT2D eigenvalue weighted by Crippen LogP contribution is 2.42. The second kappa shape index (κ2) is 10.6. The highest BCUT2D eigenvalue weighted by Gasteiger charge is 2.32. The summed E-state index contributed by atoms with van der Waals surface area (Å²) in [5, 5.41) is 0.793. The molecule has 33 heavy (non-hydrogen) atoms. The van der Waals surface area contributed by atoms with Gasteiger partial charge in [0.1, 0.15) is 28.7 Å². The van der Waals surface area contributed by atoms with Gasteiger partial charge in [0.15, 0.2) is 11.5 Å². The summed E-state index contributed by atoms with van der Waals surface area (Å²) in [6, 6.07) is 19.5. The third kappa shape index (κ3) is 6.27. The Balaban J connectivity index is 1.24. The molecule has 0 aliphatic carbocycles. The molecule has 0 bridgehead atoms. The first-order valence-electron chi connectivity index (χ1n) is 11.1. The van der Waals surface area contributed by atoms with Gasteiger partial charge < -0.3 is 18.9 Å². The highest BCUT2D eigenvalue weighted by molar-refractivity contribution is 6.43. The molecule has 0 unspecified atom stereocenters. The van der Waals surface area contributed by atoms with Crippen LogP contribution in [0.5, 0.6) is 23.0 Å². The maximum atomic E-state index is 6.33. The Morgan fingerprint density at radius 3 is 2.33 bits per heavy atom. The van der Waals surface area contributed by atoms with Gasteiger partial charge in [-0.2, -0.15) is 0 Å². The van der Waals surface area contributed by atoms with Crippen molar-refractivity contribution in [2.24, 2.45) is 0 Å². The molecule has 0 fully saturated rings. The number of hydrogen-bond donors (Lipinski definition) is 0. The zero-order valence-corrected chi connectivity index (χ0v) is 20.4. The topological polar surface area (TPSA) is 36.9 Å². The minimum atomic E-state index is -0.185. The van der Waals surface area contributed by atoms with Gasteiger partial charge in [0, 0.05) is 24.1 Å². The van der Waals surface area contributed by atoms with Crippen molar-refractivity contribution in [3.05, 3.63) is 81.8 Å². The van der Waals surface area contributed by atoms with Gasteiger partial charge >= 0.3 is 0 Å². The Hall–Kier alpha value is -2.56. The van der Waals surface area contributed by atoms with Gasteiger partial charge in [-0.05, 0) is 38.3 Å². The molecule has 3 aromatic rings. The first kappa shape index (κ1) is 23.6. The molecule has 0 saturated carbocycles. The van der Waals surface area contributed by atoms with Crippen molar-refractivity contribution in [3.8, 4) is 23.0 Å². The molecule has 3 aromatic carbocycles. The first-order chi connectivity index (χ1) is 15.9. The molecule has 1 heterocycles. The summed E-state index contributed by atoms with van der Waals surface area (Å²) in [5.74, 6) is 2.81. The number of rotatable bonds is 10. The molecule has 0 amide bonds. The number of ether oxygens (including phenoxy) is 4. The van der Waals surface area contributed by atoms with Crippen LogP contribution in [-0.4, -0.2) is 18.8 Å². The second-order valence-corrected chi connectivity index (χ2v) is 9.46. The third-order valence-corrected chi connectivity index (χ3v) is 6.11. The van der Waals surface area contributed by atoms with Crippen LogP contribution >= 0.6 is 23.2 Å². The minimum Gasteiger partial charge on any atom is -0.492 e. The number of fused-ring (bicyclic) bond motifs is 1. The standard InChI is InChI=1S/C27H28Cl2O4/c1-27(2)17-20-11-8-12-23(26(20)33-27)30-13-6-7-14-31-24-16-21(15-22(28)25(24)29)32-18-19-9-4-3-5-10-19/h3-5,8-12,15-16H,6-7,13-14,17-18H2,1-2H3. The van der Waals surface area contributed by atoms with Crippen molar-refractivity contribution in [1.82, 2.24) is 0 Å². The zero-order valence-electron chi connectivity index (χ0n) is 18.9. The lowest BCUT2D eigenvalue weighted by Crippen LogP contribution is -2.24. The van der Waals surface area contributed by atoms with Gasteiger partial charge in [-0.1, -0.05) is 65.7 Å². The summed E-state index contributed by atoms with van der Waals surface area (Å²) in [6.07, 6.45) is 2.54. The molecular formula is C27H28Cl2O4. The molecule has 0 saturated heterocycles. The zero-order chi connectivity index (χ0) is 23.3. The van der Waals surface area contributed by atoms with Gasteiger partial charge in [0.2, 0.25) is 0 Å². The van der Waals surface area contributed by atoms with Crippen LogP contribution in [0.1, 0.15) is 37.8 Å². The number of halogens is 2. The van der Waals surface area contributed by atoms with Crippen LogP contribution in [-0.2, 0) is 13.0 Å². The second-order valence-electron chi connectivity index (χ2n) is 8.68. The largest absolute Gasteiger partial charge is 0.492 e. The van der Waals surface area contributed by atoms with Gasteiger partial charge in [-0.15, -0.1) is 0 Å². The van der Waals surface area contributed by atoms with Gasteiger partial charge in [-0.25, -0.2) is 0 Å². The lowest BCUT2D eigenvalue weighted by molar-refractivity contribution is 0.132. The Morgan fingerprint density at radius 2 is 1.58 bits per heavy atom. The van der Waals surface area contributed by atoms with E-state index in [1.165, 1.54) is 5.56 Å². The van der Waals surface area contributed by atoms with E-state index >= 15 is 0 Å². The number of unbranched alkanes of at least 4 members (excludes halogenated alkanes) is 1. The van der Waals surface area contributed by atoms with E-state index < -0.39 is 0 Å². The molecule has 0 N–H and O–H groups in total. The fraction of sp³-hybridized carbons (Fsp3) is 0.333. The summed E-state index contributed by atoms with van der Waals surface area (Å²) >= 11 is 12.6. The van der Waals surface area contributed by atoms with Crippen molar-refractivity contribution in [1.29, 1.82) is 0 Å². The van der Waals surface area contributed by atoms with Gasteiger partial charge in [-0.3, -0.25) is 0 Å². The fourth-order valence-electron chi connectivity index (χ4n) is 3.74. The van der Waals surface area contributed by atoms with Crippen LogP contribution in [0, 0.1) is 0 Å². The SMILES string of the molecule is CC1(C)Cc2cccc(OCCCCOc3cc(OCc4ccccc4)cc(Cl)c3Cl)c2O1. The molecule has 0 atom stereocenters. The monoisotopic (exact) mass is 486 g/mol. The molecule has 4 rings (SSSR count). The summed E-state index contributed by atoms with van der Waals surface area (Å²) in [7, 11) is 0. The predicted octanol–water partition coefficient (Wildman–Crippen LogP) is 7.52. The Bertz CT molecular complexity index is 1080. The number of benzene rings is 3. The third-order valence-electron chi connectivity index (χ3n) is 5.33. The van der Waals surface area contributed by atoms with Crippen LogP contribution in [0.3, 0.4) is 0 Å². The van der Waals surface area contributed by atoms with E-state index in [1.54, 1.807) is 12.1 Å². The minimum absolute atomic E-state index is 0.185. The number of para-hydroxylation sites is 1. The van der Waals surface area contributed by atoms with Crippen molar-refractivity contribution >= 4 is 23.2 Å². The van der Waals surface area contributed by atoms with Crippen LogP contribution in [0.25, 0.3) is 0 Å². The quantitative estimate of drug-likeness (QED) is 0.277. The van der Waals surface area contributed by atoms with E-state index in [-0.39, 0.29) is 5.60 Å². The van der Waals surface area contributed by atoms with E-state index in [2.05, 4.69) is 19.9 Å². The van der Waals surface area contributed by atoms with Crippen LogP contribution in [0.4, 0.5) is 0 Å². The van der Waals surface area contributed by atoms with Gasteiger partial charge in [0.05, 0.1) is 18.2 Å². The molecule has 1 aliphatic rings. The van der Waals surface area contributed by atoms with Crippen molar-refractivity contribution < 1.29 is 18.9 Å². The summed E-state index contributed by atoms with van der Waals surface area (Å²) in [6.45, 7) is 5.70. The first-order valence-corrected chi connectivity index (χ1v) is 11.9. The van der Waals surface area contributed by atoms with Crippen molar-refractivity contribution in [3.63, 3.8) is 0 Å². The Kier molecular flexibility index (Phi) is 7.56. The lowest BCUT2D eigenvalue weighted by Gasteiger charge is -2.18. The highest BCUT2D eigenvalue weighted by atomic mass is 35.5. The van der Waals surface area contributed by atoms with Gasteiger partial charge in [0.25, 0.3) is 0 Å². The average Bonchev–Trinajstić information content (AvgIpc) is 3.12. The van der Waals surface area contributed by atoms with Crippen molar-refractivity contribution in [2.75, 3.05) is 13.2 Å². The Morgan fingerprint density at radius 1 is 0.848 bits per heavy atom. The maximum Gasteiger partial charge on any atom is 0.165 e. The van der Waals surface area contributed by atoms with E-state index in [9.17, 15) is 0 Å². The van der Waals surface area contributed by atoms with E-state index in [0.717, 1.165) is 36.3 Å². The molecule has 0 aromatic heterocycles. The van der Waals surface area contributed by atoms with E-state index in [0.29, 0.717) is 41.4 Å². The normalized spacial score (nSPS) is 13.8.